The highest BCUT2D eigenvalue weighted by molar-refractivity contribution is 5.80. The van der Waals surface area contributed by atoms with Crippen LogP contribution in [0.5, 0.6) is 0 Å². The topological polar surface area (TPSA) is 264 Å². The van der Waals surface area contributed by atoms with E-state index in [2.05, 4.69) is 13.8 Å². The Morgan fingerprint density at radius 3 is 2.02 bits per heavy atom. The van der Waals surface area contributed by atoms with Crippen molar-refractivity contribution < 1.29 is 83.9 Å². The largest absolute Gasteiger partial charge is 0.394 e. The molecule has 7 aliphatic rings. The lowest BCUT2D eigenvalue weighted by molar-refractivity contribution is -0.367. The summed E-state index contributed by atoms with van der Waals surface area (Å²) in [6.45, 7) is 6.67. The molecule has 3 aliphatic heterocycles. The van der Waals surface area contributed by atoms with Gasteiger partial charge in [0.2, 0.25) is 0 Å². The molecule has 0 aromatic heterocycles. The number of carbonyl (C=O) groups excluding carboxylic acids is 1. The number of ether oxygens (including phenoxy) is 7. The number of Topliss-reactive ketones (excluding diaryl/α,β-unsaturated/α-hetero) is 1. The van der Waals surface area contributed by atoms with Crippen molar-refractivity contribution in [3.05, 3.63) is 0 Å². The predicted octanol–water partition coefficient (Wildman–Crippen LogP) is -1.14. The summed E-state index contributed by atoms with van der Waals surface area (Å²) in [6.07, 6.45) is -13.7. The molecule has 0 amide bonds. The van der Waals surface area contributed by atoms with Gasteiger partial charge in [0.25, 0.3) is 0 Å². The van der Waals surface area contributed by atoms with Crippen molar-refractivity contribution in [3.8, 4) is 0 Å². The number of aliphatic hydroxyl groups is 9. The zero-order valence-corrected chi connectivity index (χ0v) is 33.6. The Balaban J connectivity index is 0.958. The van der Waals surface area contributed by atoms with Crippen LogP contribution in [0.3, 0.4) is 0 Å². The van der Waals surface area contributed by atoms with Crippen LogP contribution in [0.4, 0.5) is 0 Å². The summed E-state index contributed by atoms with van der Waals surface area (Å²) in [6, 6.07) is 0. The van der Waals surface area contributed by atoms with Gasteiger partial charge < -0.3 is 79.1 Å². The molecule has 0 radical (unpaired) electrons. The summed E-state index contributed by atoms with van der Waals surface area (Å²) in [4.78, 5) is 12.6. The van der Waals surface area contributed by atoms with Crippen LogP contribution in [-0.2, 0) is 38.0 Å². The van der Waals surface area contributed by atoms with Gasteiger partial charge in [-0.2, -0.15) is 0 Å². The van der Waals surface area contributed by atoms with Gasteiger partial charge in [-0.15, -0.1) is 0 Å². The summed E-state index contributed by atoms with van der Waals surface area (Å²) in [5, 5.41) is 96.2. The monoisotopic (exact) mass is 818 g/mol. The van der Waals surface area contributed by atoms with E-state index in [-0.39, 0.29) is 34.6 Å². The van der Waals surface area contributed by atoms with E-state index in [1.165, 1.54) is 7.11 Å². The summed E-state index contributed by atoms with van der Waals surface area (Å²) < 4.78 is 41.2. The third-order valence-electron chi connectivity index (χ3n) is 15.9. The minimum atomic E-state index is -1.77. The van der Waals surface area contributed by atoms with Crippen molar-refractivity contribution in [2.75, 3.05) is 20.3 Å². The fourth-order valence-electron chi connectivity index (χ4n) is 12.4. The van der Waals surface area contributed by atoms with Gasteiger partial charge in [0, 0.05) is 18.4 Å². The van der Waals surface area contributed by atoms with Crippen molar-refractivity contribution >= 4 is 5.78 Å². The number of fused-ring (bicyclic) bond motifs is 5. The van der Waals surface area contributed by atoms with Gasteiger partial charge in [-0.1, -0.05) is 13.8 Å². The number of aliphatic hydroxyl groups excluding tert-OH is 8. The molecule has 4 saturated carbocycles. The number of methoxy groups -OCH3 is 1. The highest BCUT2D eigenvalue weighted by Gasteiger charge is 2.68. The molecule has 23 atom stereocenters. The molecular weight excluding hydrogens is 752 g/mol. The standard InChI is InChI=1S/C40H66O17/c1-17(42)21-10-13-40(50)23-7-6-19-14-20(8-11-38(19,3)22(23)9-12-39(21,40)4)54-37-32(49)34(51-5)33(18(2)53-37)57-36-31(48)29(46)27(44)25(56-36)16-52-35-30(47)28(45)26(43)24(15-41)55-35/h18-37,41,43-50H,6-16H2,1-5H3/t18-,19-,20+,21-,22+,23-,24-,25-,26-,27-,28+,29+,30-,31-,32-,33-,34-,35-,36+,37+,38+,39-,40+/m1/s1. The van der Waals surface area contributed by atoms with Gasteiger partial charge >= 0.3 is 0 Å². The first-order chi connectivity index (χ1) is 26.9. The van der Waals surface area contributed by atoms with Crippen LogP contribution in [-0.4, -0.2) is 176 Å². The van der Waals surface area contributed by atoms with Gasteiger partial charge in [0.05, 0.1) is 31.0 Å². The maximum atomic E-state index is 12.6. The highest BCUT2D eigenvalue weighted by atomic mass is 16.8. The number of hydrogen-bond donors (Lipinski definition) is 9. The average molecular weight is 819 g/mol. The molecule has 57 heavy (non-hydrogen) atoms. The van der Waals surface area contributed by atoms with E-state index < -0.39 is 111 Å². The molecule has 7 rings (SSSR count). The molecular formula is C40H66O17. The fraction of sp³-hybridized carbons (Fsp3) is 0.975. The van der Waals surface area contributed by atoms with E-state index in [1.54, 1.807) is 13.8 Å². The van der Waals surface area contributed by atoms with Gasteiger partial charge in [-0.25, -0.2) is 0 Å². The van der Waals surface area contributed by atoms with Crippen molar-refractivity contribution in [1.82, 2.24) is 0 Å². The first kappa shape index (κ1) is 44.1. The van der Waals surface area contributed by atoms with E-state index in [4.69, 9.17) is 33.2 Å². The summed E-state index contributed by atoms with van der Waals surface area (Å²) in [5.41, 5.74) is -1.21. The maximum Gasteiger partial charge on any atom is 0.187 e. The molecule has 17 nitrogen and oxygen atoms in total. The third kappa shape index (κ3) is 7.46. The van der Waals surface area contributed by atoms with Gasteiger partial charge in [-0.3, -0.25) is 4.79 Å². The number of hydrogen-bond acceptors (Lipinski definition) is 17. The summed E-state index contributed by atoms with van der Waals surface area (Å²) in [5.74, 6) is 0.957. The molecule has 0 bridgehead atoms. The van der Waals surface area contributed by atoms with Crippen LogP contribution in [0.15, 0.2) is 0 Å². The van der Waals surface area contributed by atoms with Crippen molar-refractivity contribution in [1.29, 1.82) is 0 Å². The highest BCUT2D eigenvalue weighted by Crippen LogP contribution is 2.69. The van der Waals surface area contributed by atoms with E-state index in [0.717, 1.165) is 51.4 Å². The smallest absolute Gasteiger partial charge is 0.187 e. The molecule has 3 heterocycles. The van der Waals surface area contributed by atoms with E-state index in [0.29, 0.717) is 18.3 Å². The third-order valence-corrected chi connectivity index (χ3v) is 15.9. The predicted molar refractivity (Wildman–Crippen MR) is 195 cm³/mol. The van der Waals surface area contributed by atoms with Crippen molar-refractivity contribution in [2.45, 2.75) is 189 Å². The molecule has 7 fully saturated rings. The van der Waals surface area contributed by atoms with Gasteiger partial charge in [0.15, 0.2) is 18.9 Å². The van der Waals surface area contributed by atoms with Crippen LogP contribution in [0.2, 0.25) is 0 Å². The molecule has 0 aromatic rings. The second-order valence-electron chi connectivity index (χ2n) is 18.7. The van der Waals surface area contributed by atoms with E-state index in [1.807, 2.05) is 0 Å². The first-order valence-electron chi connectivity index (χ1n) is 20.9. The van der Waals surface area contributed by atoms with E-state index >= 15 is 0 Å². The summed E-state index contributed by atoms with van der Waals surface area (Å²) in [7, 11) is 1.39. The Bertz CT molecular complexity index is 1410. The maximum absolute atomic E-state index is 12.6. The Labute approximate surface area is 333 Å². The average Bonchev–Trinajstić information content (AvgIpc) is 3.47. The zero-order chi connectivity index (χ0) is 41.4. The Morgan fingerprint density at radius 1 is 0.702 bits per heavy atom. The lowest BCUT2D eigenvalue weighted by Gasteiger charge is -2.63. The van der Waals surface area contributed by atoms with E-state index in [9.17, 15) is 50.8 Å². The second-order valence-corrected chi connectivity index (χ2v) is 18.7. The van der Waals surface area contributed by atoms with Crippen LogP contribution in [0.25, 0.3) is 0 Å². The van der Waals surface area contributed by atoms with Gasteiger partial charge in [0.1, 0.15) is 72.9 Å². The van der Waals surface area contributed by atoms with Gasteiger partial charge in [-0.05, 0) is 94.8 Å². The Kier molecular flexibility index (Phi) is 12.9. The Morgan fingerprint density at radius 2 is 1.35 bits per heavy atom. The minimum Gasteiger partial charge on any atom is -0.394 e. The molecule has 17 heteroatoms. The molecule has 9 N–H and O–H groups in total. The number of rotatable bonds is 10. The molecule has 4 aliphatic carbocycles. The number of ketones is 1. The zero-order valence-electron chi connectivity index (χ0n) is 33.6. The van der Waals surface area contributed by atoms with Crippen LogP contribution >= 0.6 is 0 Å². The van der Waals surface area contributed by atoms with Crippen molar-refractivity contribution in [3.63, 3.8) is 0 Å². The SMILES string of the molecule is CO[C@@H]1[C@@H](O)[C@H](O[C@H]2CC[C@@]3(C)[C@H](CC[C@@H]4[C@@H]3CC[C@]3(C)[C@@H](C(C)=O)CC[C@]43O)C2)O[C@H](C)[C@H]1O[C@@H]1O[C@H](CO[C@@H]2O[C@H](CO)[C@@H](O)[C@H](O)[C@H]2O)[C@@H](O)[C@H](O)[C@H]1O. The normalized spacial score (nSPS) is 55.4. The minimum absolute atomic E-state index is 0.0121. The molecule has 3 saturated heterocycles. The van der Waals surface area contributed by atoms with Crippen molar-refractivity contribution in [2.24, 2.45) is 34.5 Å². The van der Waals surface area contributed by atoms with Crippen LogP contribution < -0.4 is 0 Å². The van der Waals surface area contributed by atoms with Crippen LogP contribution in [0, 0.1) is 34.5 Å². The second kappa shape index (κ2) is 16.7. The molecule has 0 spiro atoms. The number of carbonyl (C=O) groups is 1. The summed E-state index contributed by atoms with van der Waals surface area (Å²) >= 11 is 0. The molecule has 0 aromatic carbocycles. The quantitative estimate of drug-likeness (QED) is 0.118. The Hall–Kier alpha value is -0.970. The fourth-order valence-corrected chi connectivity index (χ4v) is 12.4. The van der Waals surface area contributed by atoms with Crippen LogP contribution in [0.1, 0.15) is 85.5 Å². The lowest BCUT2D eigenvalue weighted by Crippen LogP contribution is -2.65. The molecule has 328 valence electrons. The lowest BCUT2D eigenvalue weighted by atomic mass is 9.43. The molecule has 0 unspecified atom stereocenters. The first-order valence-corrected chi connectivity index (χ1v) is 20.9.